The van der Waals surface area contributed by atoms with E-state index in [4.69, 9.17) is 0 Å². The van der Waals surface area contributed by atoms with Gasteiger partial charge in [-0.25, -0.2) is 0 Å². The third-order valence-corrected chi connectivity index (χ3v) is 8.38. The molecule has 2 aliphatic rings. The molecule has 1 unspecified atom stereocenters. The summed E-state index contributed by atoms with van der Waals surface area (Å²) >= 11 is 0. The molecule has 0 aromatic rings. The minimum atomic E-state index is -1.02. The fourth-order valence-corrected chi connectivity index (χ4v) is 5.22. The van der Waals surface area contributed by atoms with Crippen molar-refractivity contribution < 1.29 is 0 Å². The average Bonchev–Trinajstić information content (AvgIpc) is 2.91. The summed E-state index contributed by atoms with van der Waals surface area (Å²) in [5, 5.41) is 0.642. The van der Waals surface area contributed by atoms with Crippen molar-refractivity contribution in [1.29, 1.82) is 0 Å². The van der Waals surface area contributed by atoms with Crippen molar-refractivity contribution in [3.05, 3.63) is 23.3 Å². The highest BCUT2D eigenvalue weighted by molar-refractivity contribution is 6.80. The van der Waals surface area contributed by atoms with Crippen LogP contribution in [0.4, 0.5) is 0 Å². The Morgan fingerprint density at radius 1 is 1.31 bits per heavy atom. The smallest absolute Gasteiger partial charge is 0.0549 e. The third kappa shape index (κ3) is 2.07. The van der Waals surface area contributed by atoms with Gasteiger partial charge in [-0.2, -0.15) is 0 Å². The van der Waals surface area contributed by atoms with E-state index in [0.717, 1.165) is 5.92 Å². The normalized spacial score (nSPS) is 31.4. The van der Waals surface area contributed by atoms with E-state index in [9.17, 15) is 0 Å². The van der Waals surface area contributed by atoms with Crippen LogP contribution in [0.2, 0.25) is 24.7 Å². The molecule has 2 rings (SSSR count). The van der Waals surface area contributed by atoms with Gasteiger partial charge in [-0.05, 0) is 49.1 Å². The van der Waals surface area contributed by atoms with Crippen molar-refractivity contribution in [1.82, 2.24) is 0 Å². The molecule has 1 saturated carbocycles. The van der Waals surface area contributed by atoms with Gasteiger partial charge in [0.2, 0.25) is 0 Å². The second-order valence-electron chi connectivity index (χ2n) is 6.87. The summed E-state index contributed by atoms with van der Waals surface area (Å²) in [6.07, 6.45) is 10.7. The molecule has 1 heteroatoms. The lowest BCUT2D eigenvalue weighted by molar-refractivity contribution is 0.601. The van der Waals surface area contributed by atoms with Gasteiger partial charge >= 0.3 is 0 Å². The van der Waals surface area contributed by atoms with Crippen LogP contribution in [0.15, 0.2) is 23.3 Å². The lowest BCUT2D eigenvalue weighted by Crippen LogP contribution is -2.29. The van der Waals surface area contributed by atoms with E-state index in [2.05, 4.69) is 45.6 Å². The highest BCUT2D eigenvalue weighted by atomic mass is 28.3. The van der Waals surface area contributed by atoms with Gasteiger partial charge in [0.15, 0.2) is 0 Å². The van der Waals surface area contributed by atoms with Crippen LogP contribution in [0.5, 0.6) is 0 Å². The summed E-state index contributed by atoms with van der Waals surface area (Å²) in [6.45, 7) is 12.3. The van der Waals surface area contributed by atoms with Crippen molar-refractivity contribution in [3.63, 3.8) is 0 Å². The number of hydrogen-bond acceptors (Lipinski definition) is 0. The molecule has 0 radical (unpaired) electrons. The first-order valence-corrected chi connectivity index (χ1v) is 10.3. The quantitative estimate of drug-likeness (QED) is 0.579. The maximum Gasteiger partial charge on any atom is 0.0549 e. The summed E-state index contributed by atoms with van der Waals surface area (Å²) in [4.78, 5) is 0. The molecule has 90 valence electrons. The molecule has 0 saturated heterocycles. The molecular weight excluding hydrogens is 208 g/mol. The number of hydrogen-bond donors (Lipinski definition) is 0. The van der Waals surface area contributed by atoms with Crippen molar-refractivity contribution in [2.45, 2.75) is 64.2 Å². The van der Waals surface area contributed by atoms with E-state index in [0.29, 0.717) is 5.04 Å². The lowest BCUT2D eigenvalue weighted by Gasteiger charge is -2.30. The summed E-state index contributed by atoms with van der Waals surface area (Å²) in [6, 6.07) is 0. The third-order valence-electron chi connectivity index (χ3n) is 4.75. The molecule has 0 aliphatic heterocycles. The van der Waals surface area contributed by atoms with E-state index in [1.165, 1.54) is 25.7 Å². The molecule has 0 aromatic carbocycles. The molecule has 1 fully saturated rings. The van der Waals surface area contributed by atoms with Crippen LogP contribution in [0.1, 0.15) is 39.5 Å². The van der Waals surface area contributed by atoms with Crippen molar-refractivity contribution >= 4 is 8.07 Å². The standard InChI is InChI=1S/C15H26Si/c1-12-7-6-8-13(2)14(12)11-15(9-10-15)16(3,4)5/h7,11,13H,6,8-10H2,1-5H3/b14-11+. The highest BCUT2D eigenvalue weighted by Crippen LogP contribution is 2.63. The zero-order valence-corrected chi connectivity index (χ0v) is 12.6. The van der Waals surface area contributed by atoms with Gasteiger partial charge in [0.1, 0.15) is 0 Å². The van der Waals surface area contributed by atoms with Gasteiger partial charge in [-0.3, -0.25) is 0 Å². The Kier molecular flexibility index (Phi) is 2.94. The van der Waals surface area contributed by atoms with Gasteiger partial charge < -0.3 is 0 Å². The largest absolute Gasteiger partial charge is 0.0813 e. The monoisotopic (exact) mass is 234 g/mol. The summed E-state index contributed by atoms with van der Waals surface area (Å²) in [7, 11) is -1.02. The minimum Gasteiger partial charge on any atom is -0.0813 e. The first-order valence-electron chi connectivity index (χ1n) is 6.76. The van der Waals surface area contributed by atoms with Crippen LogP contribution in [0.3, 0.4) is 0 Å². The second-order valence-corrected chi connectivity index (χ2v) is 12.4. The molecular formula is C15H26Si. The van der Waals surface area contributed by atoms with Gasteiger partial charge in [0, 0.05) is 0 Å². The highest BCUT2D eigenvalue weighted by Gasteiger charge is 2.51. The Balaban J connectivity index is 2.30. The van der Waals surface area contributed by atoms with Gasteiger partial charge in [-0.15, -0.1) is 0 Å². The summed E-state index contributed by atoms with van der Waals surface area (Å²) in [5.74, 6) is 0.791. The lowest BCUT2D eigenvalue weighted by atomic mass is 9.85. The molecule has 0 heterocycles. The van der Waals surface area contributed by atoms with Gasteiger partial charge in [-0.1, -0.05) is 44.3 Å². The molecule has 0 N–H and O–H groups in total. The molecule has 0 aromatic heterocycles. The van der Waals surface area contributed by atoms with E-state index in [1.807, 2.05) is 0 Å². The summed E-state index contributed by atoms with van der Waals surface area (Å²) in [5.41, 5.74) is 3.23. The van der Waals surface area contributed by atoms with Crippen LogP contribution in [-0.2, 0) is 0 Å². The Bertz CT molecular complexity index is 337. The zero-order chi connectivity index (χ0) is 12.0. The van der Waals surface area contributed by atoms with E-state index in [1.54, 1.807) is 11.1 Å². The number of allylic oxidation sites excluding steroid dienone is 4. The Morgan fingerprint density at radius 2 is 1.94 bits per heavy atom. The molecule has 16 heavy (non-hydrogen) atoms. The van der Waals surface area contributed by atoms with E-state index >= 15 is 0 Å². The topological polar surface area (TPSA) is 0 Å². The van der Waals surface area contributed by atoms with Crippen LogP contribution >= 0.6 is 0 Å². The Morgan fingerprint density at radius 3 is 2.38 bits per heavy atom. The van der Waals surface area contributed by atoms with Crippen LogP contribution in [0, 0.1) is 5.92 Å². The van der Waals surface area contributed by atoms with Crippen LogP contribution < -0.4 is 0 Å². The molecule has 0 amide bonds. The molecule has 2 aliphatic carbocycles. The van der Waals surface area contributed by atoms with E-state index in [-0.39, 0.29) is 0 Å². The zero-order valence-electron chi connectivity index (χ0n) is 11.6. The number of rotatable bonds is 2. The molecule has 0 nitrogen and oxygen atoms in total. The average molecular weight is 234 g/mol. The fraction of sp³-hybridized carbons (Fsp3) is 0.733. The molecule has 1 atom stereocenters. The Labute approximate surface area is 102 Å². The maximum absolute atomic E-state index is 2.69. The van der Waals surface area contributed by atoms with Crippen LogP contribution in [-0.4, -0.2) is 8.07 Å². The first kappa shape index (κ1) is 12.2. The van der Waals surface area contributed by atoms with Crippen molar-refractivity contribution in [2.75, 3.05) is 0 Å². The fourth-order valence-electron chi connectivity index (χ4n) is 3.01. The predicted octanol–water partition coefficient (Wildman–Crippen LogP) is 5.16. The molecule has 0 spiro atoms. The van der Waals surface area contributed by atoms with Crippen LogP contribution in [0.25, 0.3) is 0 Å². The minimum absolute atomic E-state index is 0.642. The first-order chi connectivity index (χ1) is 7.36. The van der Waals surface area contributed by atoms with Crippen molar-refractivity contribution in [2.24, 2.45) is 5.92 Å². The summed E-state index contributed by atoms with van der Waals surface area (Å²) < 4.78 is 0. The maximum atomic E-state index is 2.69. The predicted molar refractivity (Wildman–Crippen MR) is 75.5 cm³/mol. The van der Waals surface area contributed by atoms with E-state index < -0.39 is 8.07 Å². The van der Waals surface area contributed by atoms with Crippen molar-refractivity contribution in [3.8, 4) is 0 Å². The Hall–Kier alpha value is -0.303. The van der Waals surface area contributed by atoms with Gasteiger partial charge in [0.25, 0.3) is 0 Å². The second kappa shape index (κ2) is 3.87. The van der Waals surface area contributed by atoms with Gasteiger partial charge in [0.05, 0.1) is 8.07 Å². The SMILES string of the molecule is CC1=CCCC(C)/C1=C/C1([Si](C)(C)C)CC1. The molecule has 0 bridgehead atoms.